The van der Waals surface area contributed by atoms with Gasteiger partial charge in [0, 0.05) is 19.1 Å². The number of ether oxygens (including phenoxy) is 1. The maximum Gasteiger partial charge on any atom is 0.146 e. The zero-order valence-electron chi connectivity index (χ0n) is 11.1. The minimum atomic E-state index is -0.314. The fraction of sp³-hybridized carbons (Fsp3) is 0.600. The minimum absolute atomic E-state index is 0.223. The van der Waals surface area contributed by atoms with Gasteiger partial charge in [-0.3, -0.25) is 4.90 Å². The summed E-state index contributed by atoms with van der Waals surface area (Å²) in [5.74, 6) is -0.314. The Morgan fingerprint density at radius 2 is 2.16 bits per heavy atom. The van der Waals surface area contributed by atoms with Crippen molar-refractivity contribution in [1.82, 2.24) is 4.90 Å². The summed E-state index contributed by atoms with van der Waals surface area (Å²) < 4.78 is 19.4. The lowest BCUT2D eigenvalue weighted by atomic mass is 9.90. The number of nitrogen functional groups attached to an aromatic ring is 1. The van der Waals surface area contributed by atoms with E-state index in [9.17, 15) is 4.39 Å². The third-order valence-electron chi connectivity index (χ3n) is 4.30. The molecule has 1 aromatic carbocycles. The molecule has 0 bridgehead atoms. The normalized spacial score (nSPS) is 28.1. The number of anilines is 1. The minimum Gasteiger partial charge on any atom is -0.396 e. The van der Waals surface area contributed by atoms with Crippen LogP contribution in [0.4, 0.5) is 10.1 Å². The quantitative estimate of drug-likeness (QED) is 0.834. The van der Waals surface area contributed by atoms with Crippen LogP contribution in [0.25, 0.3) is 0 Å². The highest BCUT2D eigenvalue weighted by molar-refractivity contribution is 5.41. The second-order valence-corrected chi connectivity index (χ2v) is 5.59. The van der Waals surface area contributed by atoms with Crippen molar-refractivity contribution in [2.24, 2.45) is 0 Å². The monoisotopic (exact) mass is 264 g/mol. The second kappa shape index (κ2) is 5.47. The molecule has 1 saturated carbocycles. The molecule has 2 fully saturated rings. The molecular weight excluding hydrogens is 243 g/mol. The predicted molar refractivity (Wildman–Crippen MR) is 73.2 cm³/mol. The van der Waals surface area contributed by atoms with Crippen LogP contribution in [-0.4, -0.2) is 30.2 Å². The number of halogens is 1. The number of benzene rings is 1. The van der Waals surface area contributed by atoms with Crippen molar-refractivity contribution < 1.29 is 9.13 Å². The van der Waals surface area contributed by atoms with E-state index in [-0.39, 0.29) is 11.5 Å². The van der Waals surface area contributed by atoms with Crippen LogP contribution in [0.3, 0.4) is 0 Å². The molecule has 1 aliphatic heterocycles. The fourth-order valence-electron chi connectivity index (χ4n) is 3.28. The molecule has 1 heterocycles. The van der Waals surface area contributed by atoms with E-state index in [2.05, 4.69) is 4.90 Å². The van der Waals surface area contributed by atoms with Gasteiger partial charge in [0.05, 0.1) is 18.4 Å². The van der Waals surface area contributed by atoms with Crippen LogP contribution in [0, 0.1) is 5.82 Å². The summed E-state index contributed by atoms with van der Waals surface area (Å²) in [5, 5.41) is 0. The third kappa shape index (κ3) is 2.74. The molecule has 0 amide bonds. The topological polar surface area (TPSA) is 38.5 Å². The number of fused-ring (bicyclic) bond motifs is 1. The van der Waals surface area contributed by atoms with Gasteiger partial charge < -0.3 is 10.5 Å². The van der Waals surface area contributed by atoms with Gasteiger partial charge >= 0.3 is 0 Å². The van der Waals surface area contributed by atoms with Gasteiger partial charge in [-0.25, -0.2) is 4.39 Å². The summed E-state index contributed by atoms with van der Waals surface area (Å²) in [6.45, 7) is 2.52. The summed E-state index contributed by atoms with van der Waals surface area (Å²) in [5.41, 5.74) is 6.74. The van der Waals surface area contributed by atoms with Crippen LogP contribution in [0.5, 0.6) is 0 Å². The summed E-state index contributed by atoms with van der Waals surface area (Å²) >= 11 is 0. The van der Waals surface area contributed by atoms with E-state index in [0.717, 1.165) is 31.7 Å². The predicted octanol–water partition coefficient (Wildman–Crippen LogP) is 2.55. The maximum atomic E-state index is 13.5. The molecule has 2 unspecified atom stereocenters. The van der Waals surface area contributed by atoms with Gasteiger partial charge in [0.15, 0.2) is 0 Å². The second-order valence-electron chi connectivity index (χ2n) is 5.59. The van der Waals surface area contributed by atoms with Crippen molar-refractivity contribution in [3.05, 3.63) is 29.6 Å². The third-order valence-corrected chi connectivity index (χ3v) is 4.30. The molecule has 0 spiro atoms. The largest absolute Gasteiger partial charge is 0.396 e. The van der Waals surface area contributed by atoms with Crippen LogP contribution in [-0.2, 0) is 11.3 Å². The standard InChI is InChI=1S/C15H21FN2O/c16-12-9-11(5-6-13(12)17)10-18-7-8-19-15-4-2-1-3-14(15)18/h5-6,9,14-15H,1-4,7-8,10,17H2. The van der Waals surface area contributed by atoms with Crippen LogP contribution >= 0.6 is 0 Å². The number of morpholine rings is 1. The Hall–Kier alpha value is -1.13. The lowest BCUT2D eigenvalue weighted by Gasteiger charge is -2.43. The van der Waals surface area contributed by atoms with E-state index in [1.165, 1.54) is 19.3 Å². The molecule has 4 heteroatoms. The first-order valence-corrected chi connectivity index (χ1v) is 7.13. The van der Waals surface area contributed by atoms with Gasteiger partial charge in [-0.1, -0.05) is 18.9 Å². The van der Waals surface area contributed by atoms with Crippen molar-refractivity contribution in [3.63, 3.8) is 0 Å². The fourth-order valence-corrected chi connectivity index (χ4v) is 3.28. The Morgan fingerprint density at radius 3 is 3.00 bits per heavy atom. The average Bonchev–Trinajstić information content (AvgIpc) is 2.43. The van der Waals surface area contributed by atoms with Crippen LogP contribution in [0.2, 0.25) is 0 Å². The molecule has 3 nitrogen and oxygen atoms in total. The highest BCUT2D eigenvalue weighted by Crippen LogP contribution is 2.29. The Kier molecular flexibility index (Phi) is 3.71. The zero-order valence-corrected chi connectivity index (χ0v) is 11.1. The van der Waals surface area contributed by atoms with E-state index >= 15 is 0 Å². The highest BCUT2D eigenvalue weighted by Gasteiger charge is 2.33. The number of hydrogen-bond acceptors (Lipinski definition) is 3. The molecule has 0 aromatic heterocycles. The molecule has 0 radical (unpaired) electrons. The van der Waals surface area contributed by atoms with Gasteiger partial charge in [0.25, 0.3) is 0 Å². The van der Waals surface area contributed by atoms with Gasteiger partial charge in [0.2, 0.25) is 0 Å². The molecule has 1 aliphatic carbocycles. The summed E-state index contributed by atoms with van der Waals surface area (Å²) in [6.07, 6.45) is 5.28. The van der Waals surface area contributed by atoms with E-state index in [4.69, 9.17) is 10.5 Å². The van der Waals surface area contributed by atoms with Crippen molar-refractivity contribution in [1.29, 1.82) is 0 Å². The van der Waals surface area contributed by atoms with Crippen molar-refractivity contribution >= 4 is 5.69 Å². The smallest absolute Gasteiger partial charge is 0.146 e. The summed E-state index contributed by atoms with van der Waals surface area (Å²) in [6, 6.07) is 5.64. The van der Waals surface area contributed by atoms with Crippen molar-refractivity contribution in [3.8, 4) is 0 Å². The first-order chi connectivity index (χ1) is 9.24. The molecular formula is C15H21FN2O. The number of nitrogens with zero attached hydrogens (tertiary/aromatic N) is 1. The molecule has 2 aliphatic rings. The van der Waals surface area contributed by atoms with E-state index < -0.39 is 0 Å². The van der Waals surface area contributed by atoms with Crippen LogP contribution in [0.15, 0.2) is 18.2 Å². The zero-order chi connectivity index (χ0) is 13.2. The highest BCUT2D eigenvalue weighted by atomic mass is 19.1. The van der Waals surface area contributed by atoms with Crippen molar-refractivity contribution in [2.45, 2.75) is 44.4 Å². The Morgan fingerprint density at radius 1 is 1.32 bits per heavy atom. The lowest BCUT2D eigenvalue weighted by molar-refractivity contribution is -0.0911. The van der Waals surface area contributed by atoms with Gasteiger partial charge in [-0.05, 0) is 30.5 Å². The molecule has 1 aromatic rings. The molecule has 2 N–H and O–H groups in total. The van der Waals surface area contributed by atoms with E-state index in [0.29, 0.717) is 12.1 Å². The average molecular weight is 264 g/mol. The number of hydrogen-bond donors (Lipinski definition) is 1. The van der Waals surface area contributed by atoms with E-state index in [1.807, 2.05) is 6.07 Å². The lowest BCUT2D eigenvalue weighted by Crippen LogP contribution is -2.52. The number of rotatable bonds is 2. The van der Waals surface area contributed by atoms with Gasteiger partial charge in [0.1, 0.15) is 5.82 Å². The SMILES string of the molecule is Nc1ccc(CN2CCOC3CCCCC32)cc1F. The van der Waals surface area contributed by atoms with Gasteiger partial charge in [-0.2, -0.15) is 0 Å². The molecule has 3 rings (SSSR count). The van der Waals surface area contributed by atoms with Crippen LogP contribution < -0.4 is 5.73 Å². The molecule has 1 saturated heterocycles. The Labute approximate surface area is 113 Å². The van der Waals surface area contributed by atoms with E-state index in [1.54, 1.807) is 12.1 Å². The number of nitrogens with two attached hydrogens (primary N) is 1. The molecule has 2 atom stereocenters. The molecule has 104 valence electrons. The van der Waals surface area contributed by atoms with Crippen LogP contribution in [0.1, 0.15) is 31.2 Å². The molecule has 19 heavy (non-hydrogen) atoms. The first-order valence-electron chi connectivity index (χ1n) is 7.13. The summed E-state index contributed by atoms with van der Waals surface area (Å²) in [7, 11) is 0. The Balaban J connectivity index is 1.72. The van der Waals surface area contributed by atoms with Crippen molar-refractivity contribution in [2.75, 3.05) is 18.9 Å². The first kappa shape index (κ1) is 12.9. The summed E-state index contributed by atoms with van der Waals surface area (Å²) in [4.78, 5) is 2.44. The maximum absolute atomic E-state index is 13.5. The Bertz CT molecular complexity index is 450. The van der Waals surface area contributed by atoms with Gasteiger partial charge in [-0.15, -0.1) is 0 Å².